The molecule has 0 bridgehead atoms. The van der Waals surface area contributed by atoms with Crippen LogP contribution in [0.15, 0.2) is 53.5 Å². The normalized spacial score (nSPS) is 10.6. The standard InChI is InChI=1S/C17H17N3O2/c1-3-20-15-10-16(18-11-12(15)4-9-17(20)21)19-13-5-7-14(22-2)8-6-13/h4-11H,3H2,1-2H3,(H,18,19). The van der Waals surface area contributed by atoms with Crippen LogP contribution in [0.2, 0.25) is 0 Å². The molecular formula is C17H17N3O2. The second-order valence-electron chi connectivity index (χ2n) is 4.90. The first-order valence-electron chi connectivity index (χ1n) is 7.12. The van der Waals surface area contributed by atoms with Gasteiger partial charge in [-0.3, -0.25) is 4.79 Å². The molecule has 0 aliphatic heterocycles. The predicted molar refractivity (Wildman–Crippen MR) is 88.0 cm³/mol. The second-order valence-corrected chi connectivity index (χ2v) is 4.90. The van der Waals surface area contributed by atoms with Crippen LogP contribution in [-0.4, -0.2) is 16.7 Å². The Morgan fingerprint density at radius 1 is 1.18 bits per heavy atom. The molecule has 0 radical (unpaired) electrons. The first-order chi connectivity index (χ1) is 10.7. The number of aryl methyl sites for hydroxylation is 1. The van der Waals surface area contributed by atoms with Crippen LogP contribution in [0.25, 0.3) is 10.9 Å². The van der Waals surface area contributed by atoms with E-state index in [-0.39, 0.29) is 5.56 Å². The number of aromatic nitrogens is 2. The summed E-state index contributed by atoms with van der Waals surface area (Å²) >= 11 is 0. The Kier molecular flexibility index (Phi) is 3.78. The summed E-state index contributed by atoms with van der Waals surface area (Å²) in [6.45, 7) is 2.58. The monoisotopic (exact) mass is 295 g/mol. The number of benzene rings is 1. The molecule has 0 amide bonds. The van der Waals surface area contributed by atoms with Crippen LogP contribution >= 0.6 is 0 Å². The molecule has 5 heteroatoms. The van der Waals surface area contributed by atoms with Gasteiger partial charge in [-0.05, 0) is 37.3 Å². The number of methoxy groups -OCH3 is 1. The molecular weight excluding hydrogens is 278 g/mol. The van der Waals surface area contributed by atoms with E-state index in [0.29, 0.717) is 12.4 Å². The number of nitrogens with one attached hydrogen (secondary N) is 1. The summed E-state index contributed by atoms with van der Waals surface area (Å²) in [6, 6.07) is 12.9. The number of anilines is 2. The Balaban J connectivity index is 1.98. The van der Waals surface area contributed by atoms with Crippen molar-refractivity contribution in [2.75, 3.05) is 12.4 Å². The Morgan fingerprint density at radius 3 is 2.64 bits per heavy atom. The zero-order valence-electron chi connectivity index (χ0n) is 12.5. The van der Waals surface area contributed by atoms with Crippen molar-refractivity contribution in [3.05, 3.63) is 59.0 Å². The third kappa shape index (κ3) is 2.65. The summed E-state index contributed by atoms with van der Waals surface area (Å²) in [4.78, 5) is 16.3. The maximum absolute atomic E-state index is 11.9. The largest absolute Gasteiger partial charge is 0.497 e. The van der Waals surface area contributed by atoms with E-state index in [0.717, 1.165) is 22.3 Å². The van der Waals surface area contributed by atoms with Gasteiger partial charge in [0.1, 0.15) is 11.6 Å². The smallest absolute Gasteiger partial charge is 0.251 e. The molecule has 22 heavy (non-hydrogen) atoms. The number of rotatable bonds is 4. The topological polar surface area (TPSA) is 56.2 Å². The maximum atomic E-state index is 11.9. The highest BCUT2D eigenvalue weighted by Crippen LogP contribution is 2.21. The lowest BCUT2D eigenvalue weighted by molar-refractivity contribution is 0.415. The Morgan fingerprint density at radius 2 is 1.95 bits per heavy atom. The number of nitrogens with zero attached hydrogens (tertiary/aromatic N) is 2. The number of fused-ring (bicyclic) bond motifs is 1. The van der Waals surface area contributed by atoms with Gasteiger partial charge in [0.15, 0.2) is 0 Å². The van der Waals surface area contributed by atoms with Crippen LogP contribution in [0.3, 0.4) is 0 Å². The highest BCUT2D eigenvalue weighted by Gasteiger charge is 2.04. The van der Waals surface area contributed by atoms with Crippen molar-refractivity contribution >= 4 is 22.4 Å². The summed E-state index contributed by atoms with van der Waals surface area (Å²) < 4.78 is 6.87. The average Bonchev–Trinajstić information content (AvgIpc) is 2.55. The lowest BCUT2D eigenvalue weighted by atomic mass is 10.2. The fourth-order valence-electron chi connectivity index (χ4n) is 2.40. The Labute approximate surface area is 128 Å². The molecule has 0 spiro atoms. The number of ether oxygens (including phenoxy) is 1. The van der Waals surface area contributed by atoms with Crippen molar-refractivity contribution in [3.63, 3.8) is 0 Å². The summed E-state index contributed by atoms with van der Waals surface area (Å²) in [7, 11) is 1.64. The molecule has 0 aliphatic rings. The van der Waals surface area contributed by atoms with Crippen LogP contribution in [0.5, 0.6) is 5.75 Å². The van der Waals surface area contributed by atoms with Gasteiger partial charge in [-0.25, -0.2) is 4.98 Å². The van der Waals surface area contributed by atoms with Crippen molar-refractivity contribution in [1.82, 2.24) is 9.55 Å². The van der Waals surface area contributed by atoms with Crippen LogP contribution in [0, 0.1) is 0 Å². The van der Waals surface area contributed by atoms with E-state index in [4.69, 9.17) is 4.74 Å². The number of pyridine rings is 2. The van der Waals surface area contributed by atoms with Gasteiger partial charge in [-0.2, -0.15) is 0 Å². The SMILES string of the molecule is CCn1c(=O)ccc2cnc(Nc3ccc(OC)cc3)cc21. The molecule has 0 fully saturated rings. The maximum Gasteiger partial charge on any atom is 0.251 e. The third-order valence-corrected chi connectivity index (χ3v) is 3.55. The predicted octanol–water partition coefficient (Wildman–Crippen LogP) is 3.17. The van der Waals surface area contributed by atoms with Crippen molar-refractivity contribution < 1.29 is 4.74 Å². The van der Waals surface area contributed by atoms with Gasteiger partial charge in [-0.15, -0.1) is 0 Å². The Hall–Kier alpha value is -2.82. The summed E-state index contributed by atoms with van der Waals surface area (Å²) in [5, 5.41) is 4.18. The van der Waals surface area contributed by atoms with Gasteiger partial charge in [0.2, 0.25) is 0 Å². The zero-order valence-corrected chi connectivity index (χ0v) is 12.5. The van der Waals surface area contributed by atoms with E-state index < -0.39 is 0 Å². The molecule has 3 aromatic rings. The van der Waals surface area contributed by atoms with Gasteiger partial charge in [-0.1, -0.05) is 0 Å². The van der Waals surface area contributed by atoms with Crippen molar-refractivity contribution in [1.29, 1.82) is 0 Å². The second kappa shape index (κ2) is 5.89. The highest BCUT2D eigenvalue weighted by atomic mass is 16.5. The highest BCUT2D eigenvalue weighted by molar-refractivity contribution is 5.81. The minimum Gasteiger partial charge on any atom is -0.497 e. The van der Waals surface area contributed by atoms with E-state index in [1.807, 2.05) is 37.3 Å². The molecule has 2 heterocycles. The quantitative estimate of drug-likeness (QED) is 0.803. The molecule has 0 aliphatic carbocycles. The number of hydrogen-bond donors (Lipinski definition) is 1. The molecule has 2 aromatic heterocycles. The van der Waals surface area contributed by atoms with E-state index in [1.165, 1.54) is 0 Å². The molecule has 0 saturated heterocycles. The summed E-state index contributed by atoms with van der Waals surface area (Å²) in [5.41, 5.74) is 1.78. The molecule has 0 saturated carbocycles. The van der Waals surface area contributed by atoms with Gasteiger partial charge in [0.25, 0.3) is 5.56 Å². The van der Waals surface area contributed by atoms with E-state index in [9.17, 15) is 4.79 Å². The Bertz CT molecular complexity index is 854. The fourth-order valence-corrected chi connectivity index (χ4v) is 2.40. The first-order valence-corrected chi connectivity index (χ1v) is 7.12. The molecule has 5 nitrogen and oxygen atoms in total. The molecule has 0 unspecified atom stereocenters. The zero-order chi connectivity index (χ0) is 15.5. The van der Waals surface area contributed by atoms with Crippen molar-refractivity contribution in [3.8, 4) is 5.75 Å². The fraction of sp³-hybridized carbons (Fsp3) is 0.176. The van der Waals surface area contributed by atoms with Gasteiger partial charge < -0.3 is 14.6 Å². The van der Waals surface area contributed by atoms with E-state index in [1.54, 1.807) is 30.0 Å². The third-order valence-electron chi connectivity index (χ3n) is 3.55. The van der Waals surface area contributed by atoms with E-state index >= 15 is 0 Å². The lowest BCUT2D eigenvalue weighted by Gasteiger charge is -2.10. The molecule has 1 N–H and O–H groups in total. The molecule has 112 valence electrons. The van der Waals surface area contributed by atoms with Crippen molar-refractivity contribution in [2.45, 2.75) is 13.5 Å². The molecule has 1 aromatic carbocycles. The minimum atomic E-state index is -0.00315. The van der Waals surface area contributed by atoms with Gasteiger partial charge >= 0.3 is 0 Å². The molecule has 3 rings (SSSR count). The van der Waals surface area contributed by atoms with Crippen LogP contribution in [-0.2, 0) is 6.54 Å². The first kappa shape index (κ1) is 14.1. The van der Waals surface area contributed by atoms with Crippen LogP contribution < -0.4 is 15.6 Å². The minimum absolute atomic E-state index is 0.00315. The van der Waals surface area contributed by atoms with Crippen molar-refractivity contribution in [2.24, 2.45) is 0 Å². The van der Waals surface area contributed by atoms with Gasteiger partial charge in [0.05, 0.1) is 12.6 Å². The van der Waals surface area contributed by atoms with E-state index in [2.05, 4.69) is 10.3 Å². The summed E-state index contributed by atoms with van der Waals surface area (Å²) in [5.74, 6) is 1.50. The van der Waals surface area contributed by atoms with Crippen LogP contribution in [0.1, 0.15) is 6.92 Å². The average molecular weight is 295 g/mol. The van der Waals surface area contributed by atoms with Crippen LogP contribution in [0.4, 0.5) is 11.5 Å². The number of hydrogen-bond acceptors (Lipinski definition) is 4. The van der Waals surface area contributed by atoms with Gasteiger partial charge in [0, 0.05) is 35.9 Å². The molecule has 0 atom stereocenters. The summed E-state index contributed by atoms with van der Waals surface area (Å²) in [6.07, 6.45) is 1.77. The lowest BCUT2D eigenvalue weighted by Crippen LogP contribution is -2.18.